The molecule has 0 N–H and O–H groups in total. The Morgan fingerprint density at radius 1 is 1.31 bits per heavy atom. The van der Waals surface area contributed by atoms with Crippen LogP contribution in [0.1, 0.15) is 19.7 Å². The van der Waals surface area contributed by atoms with E-state index in [1.165, 1.54) is 5.69 Å². The number of fused-ring (bicyclic) bond motifs is 3. The highest BCUT2D eigenvalue weighted by atomic mass is 15.3. The van der Waals surface area contributed by atoms with Gasteiger partial charge in [0.2, 0.25) is 0 Å². The maximum atomic E-state index is 4.17. The molecule has 0 atom stereocenters. The zero-order chi connectivity index (χ0) is 11.1. The van der Waals surface area contributed by atoms with Crippen LogP contribution in [0.25, 0.3) is 5.69 Å². The molecule has 0 spiro atoms. The number of hydrogen-bond acceptors (Lipinski definition) is 4. The van der Waals surface area contributed by atoms with Gasteiger partial charge >= 0.3 is 0 Å². The van der Waals surface area contributed by atoms with E-state index in [0.717, 1.165) is 18.1 Å². The van der Waals surface area contributed by atoms with Crippen molar-refractivity contribution in [1.29, 1.82) is 0 Å². The zero-order valence-corrected chi connectivity index (χ0v) is 9.33. The smallest absolute Gasteiger partial charge is 0.157 e. The van der Waals surface area contributed by atoms with Gasteiger partial charge in [-0.2, -0.15) is 0 Å². The lowest BCUT2D eigenvalue weighted by Gasteiger charge is -2.33. The van der Waals surface area contributed by atoms with Crippen LogP contribution in [0.15, 0.2) is 24.8 Å². The lowest BCUT2D eigenvalue weighted by molar-refractivity contribution is 0.633. The van der Waals surface area contributed by atoms with Gasteiger partial charge in [0.25, 0.3) is 0 Å². The van der Waals surface area contributed by atoms with Crippen molar-refractivity contribution in [3.8, 4) is 5.69 Å². The molecule has 0 radical (unpaired) electrons. The molecule has 2 aromatic heterocycles. The van der Waals surface area contributed by atoms with Crippen LogP contribution in [0.5, 0.6) is 0 Å². The molecule has 0 unspecified atom stereocenters. The molecule has 1 aliphatic heterocycles. The molecular formula is C11H13N5. The number of hydrogen-bond donors (Lipinski definition) is 0. The monoisotopic (exact) mass is 215 g/mol. The van der Waals surface area contributed by atoms with E-state index in [4.69, 9.17) is 0 Å². The van der Waals surface area contributed by atoms with E-state index >= 15 is 0 Å². The van der Waals surface area contributed by atoms with E-state index in [-0.39, 0.29) is 0 Å². The average molecular weight is 215 g/mol. The summed E-state index contributed by atoms with van der Waals surface area (Å²) in [7, 11) is 0. The molecule has 3 rings (SSSR count). The molecule has 3 heterocycles. The van der Waals surface area contributed by atoms with Crippen LogP contribution in [-0.2, 0) is 6.54 Å². The normalized spacial score (nSPS) is 13.8. The highest BCUT2D eigenvalue weighted by Gasteiger charge is 2.24. The van der Waals surface area contributed by atoms with Crippen molar-refractivity contribution in [1.82, 2.24) is 19.7 Å². The van der Waals surface area contributed by atoms with E-state index in [9.17, 15) is 0 Å². The summed E-state index contributed by atoms with van der Waals surface area (Å²) in [6, 6.07) is 2.48. The highest BCUT2D eigenvalue weighted by Crippen LogP contribution is 2.31. The Morgan fingerprint density at radius 3 is 3.00 bits per heavy atom. The summed E-state index contributed by atoms with van der Waals surface area (Å²) in [6.45, 7) is 5.15. The number of rotatable bonds is 1. The molecule has 82 valence electrons. The Kier molecular flexibility index (Phi) is 1.92. The van der Waals surface area contributed by atoms with Crippen LogP contribution in [0.3, 0.4) is 0 Å². The van der Waals surface area contributed by atoms with Gasteiger partial charge in [0.15, 0.2) is 5.82 Å². The fourth-order valence-electron chi connectivity index (χ4n) is 2.07. The third-order valence-electron chi connectivity index (χ3n) is 2.90. The van der Waals surface area contributed by atoms with Gasteiger partial charge in [-0.1, -0.05) is 0 Å². The van der Waals surface area contributed by atoms with Gasteiger partial charge in [0.05, 0.1) is 24.1 Å². The summed E-state index contributed by atoms with van der Waals surface area (Å²) in [5.74, 6) is 0.967. The molecule has 0 saturated carbocycles. The number of nitrogens with zero attached hydrogens (tertiary/aromatic N) is 5. The second-order valence-electron chi connectivity index (χ2n) is 4.20. The molecule has 5 nitrogen and oxygen atoms in total. The minimum absolute atomic E-state index is 0.437. The predicted molar refractivity (Wildman–Crippen MR) is 60.5 cm³/mol. The van der Waals surface area contributed by atoms with Gasteiger partial charge in [0, 0.05) is 12.2 Å². The van der Waals surface area contributed by atoms with Gasteiger partial charge in [-0.3, -0.25) is 9.55 Å². The van der Waals surface area contributed by atoms with E-state index in [1.54, 1.807) is 6.33 Å². The van der Waals surface area contributed by atoms with Gasteiger partial charge in [-0.05, 0) is 19.9 Å². The van der Waals surface area contributed by atoms with Crippen molar-refractivity contribution >= 4 is 5.69 Å². The Morgan fingerprint density at radius 2 is 2.19 bits per heavy atom. The van der Waals surface area contributed by atoms with Crippen molar-refractivity contribution in [2.45, 2.75) is 26.4 Å². The van der Waals surface area contributed by atoms with Crippen molar-refractivity contribution in [2.24, 2.45) is 0 Å². The fourth-order valence-corrected chi connectivity index (χ4v) is 2.07. The van der Waals surface area contributed by atoms with Crippen molar-refractivity contribution in [2.75, 3.05) is 4.90 Å². The third kappa shape index (κ3) is 1.21. The molecule has 0 amide bonds. The van der Waals surface area contributed by atoms with E-state index in [0.29, 0.717) is 6.04 Å². The SMILES string of the molecule is CC(C)N1Cc2nncn2-c2cnccc21. The summed E-state index contributed by atoms with van der Waals surface area (Å²) < 4.78 is 2.00. The Balaban J connectivity index is 2.21. The first kappa shape index (κ1) is 9.33. The second-order valence-corrected chi connectivity index (χ2v) is 4.20. The molecule has 0 fully saturated rings. The molecule has 16 heavy (non-hydrogen) atoms. The zero-order valence-electron chi connectivity index (χ0n) is 9.33. The van der Waals surface area contributed by atoms with Gasteiger partial charge in [-0.25, -0.2) is 0 Å². The van der Waals surface area contributed by atoms with Gasteiger partial charge in [-0.15, -0.1) is 10.2 Å². The lowest BCUT2D eigenvalue weighted by atomic mass is 10.2. The Hall–Kier alpha value is -1.91. The summed E-state index contributed by atoms with van der Waals surface area (Å²) in [5.41, 5.74) is 2.25. The lowest BCUT2D eigenvalue weighted by Crippen LogP contribution is -2.35. The standard InChI is InChI=1S/C11H13N5/c1-8(2)15-6-11-14-13-7-16(11)10-5-12-4-3-9(10)15/h3-5,7-8H,6H2,1-2H3. The van der Waals surface area contributed by atoms with Crippen LogP contribution >= 0.6 is 0 Å². The molecule has 0 saturated heterocycles. The van der Waals surface area contributed by atoms with Crippen LogP contribution in [-0.4, -0.2) is 25.8 Å². The largest absolute Gasteiger partial charge is 0.360 e. The summed E-state index contributed by atoms with van der Waals surface area (Å²) in [6.07, 6.45) is 5.42. The average Bonchev–Trinajstić information content (AvgIpc) is 2.75. The quantitative estimate of drug-likeness (QED) is 0.721. The molecule has 0 bridgehead atoms. The number of pyridine rings is 1. The molecule has 5 heteroatoms. The van der Waals surface area contributed by atoms with Crippen LogP contribution in [0.4, 0.5) is 5.69 Å². The van der Waals surface area contributed by atoms with E-state index in [2.05, 4.69) is 33.9 Å². The predicted octanol–water partition coefficient (Wildman–Crippen LogP) is 1.39. The minimum atomic E-state index is 0.437. The van der Waals surface area contributed by atoms with Crippen LogP contribution in [0.2, 0.25) is 0 Å². The summed E-state index contributed by atoms with van der Waals surface area (Å²) in [5, 5.41) is 8.09. The summed E-state index contributed by atoms with van der Waals surface area (Å²) in [4.78, 5) is 6.47. The number of aromatic nitrogens is 4. The topological polar surface area (TPSA) is 46.8 Å². The maximum absolute atomic E-state index is 4.17. The van der Waals surface area contributed by atoms with Crippen LogP contribution in [0, 0.1) is 0 Å². The second kappa shape index (κ2) is 3.30. The van der Waals surface area contributed by atoms with E-state index in [1.807, 2.05) is 23.0 Å². The third-order valence-corrected chi connectivity index (χ3v) is 2.90. The Labute approximate surface area is 93.7 Å². The molecule has 2 aromatic rings. The summed E-state index contributed by atoms with van der Waals surface area (Å²) >= 11 is 0. The fraction of sp³-hybridized carbons (Fsp3) is 0.364. The molecule has 0 aliphatic carbocycles. The van der Waals surface area contributed by atoms with Crippen molar-refractivity contribution in [3.05, 3.63) is 30.6 Å². The maximum Gasteiger partial charge on any atom is 0.157 e. The van der Waals surface area contributed by atoms with Gasteiger partial charge < -0.3 is 4.90 Å². The number of anilines is 1. The van der Waals surface area contributed by atoms with Gasteiger partial charge in [0.1, 0.15) is 6.33 Å². The first-order valence-corrected chi connectivity index (χ1v) is 5.37. The van der Waals surface area contributed by atoms with Crippen molar-refractivity contribution < 1.29 is 0 Å². The molecule has 0 aromatic carbocycles. The van der Waals surface area contributed by atoms with E-state index < -0.39 is 0 Å². The van der Waals surface area contributed by atoms with Crippen LogP contribution < -0.4 is 4.90 Å². The molecular weight excluding hydrogens is 202 g/mol. The molecule has 1 aliphatic rings. The van der Waals surface area contributed by atoms with Crippen molar-refractivity contribution in [3.63, 3.8) is 0 Å². The Bertz CT molecular complexity index is 517. The first-order chi connectivity index (χ1) is 7.77. The first-order valence-electron chi connectivity index (χ1n) is 5.37. The minimum Gasteiger partial charge on any atom is -0.360 e. The highest BCUT2D eigenvalue weighted by molar-refractivity contribution is 5.64.